The molecule has 166 valence electrons. The monoisotopic (exact) mass is 470 g/mol. The molecule has 0 bridgehead atoms. The first-order chi connectivity index (χ1) is 15.5. The topological polar surface area (TPSA) is 79.1 Å². The Morgan fingerprint density at radius 2 is 2.06 bits per heavy atom. The molecule has 1 aliphatic rings. The van der Waals surface area contributed by atoms with Crippen molar-refractivity contribution < 1.29 is 19.0 Å². The second kappa shape index (κ2) is 9.13. The summed E-state index contributed by atoms with van der Waals surface area (Å²) in [5, 5.41) is 3.93. The van der Waals surface area contributed by atoms with Gasteiger partial charge in [0.1, 0.15) is 17.5 Å². The number of ether oxygens (including phenoxy) is 3. The zero-order valence-electron chi connectivity index (χ0n) is 18.1. The van der Waals surface area contributed by atoms with Crippen LogP contribution < -0.4 is 24.4 Å². The van der Waals surface area contributed by atoms with E-state index in [9.17, 15) is 9.59 Å². The van der Waals surface area contributed by atoms with Crippen molar-refractivity contribution in [3.05, 3.63) is 77.1 Å². The van der Waals surface area contributed by atoms with E-state index in [0.29, 0.717) is 37.7 Å². The van der Waals surface area contributed by atoms with Crippen LogP contribution in [0.2, 0.25) is 0 Å². The summed E-state index contributed by atoms with van der Waals surface area (Å²) in [7, 11) is 3.11. The predicted molar refractivity (Wildman–Crippen MR) is 124 cm³/mol. The number of benzene rings is 1. The van der Waals surface area contributed by atoms with Crippen LogP contribution in [-0.4, -0.2) is 31.4 Å². The minimum Gasteiger partial charge on any atom is -0.497 e. The molecule has 1 atom stereocenters. The van der Waals surface area contributed by atoms with Crippen molar-refractivity contribution in [3.63, 3.8) is 0 Å². The minimum absolute atomic E-state index is 0.213. The normalized spacial score (nSPS) is 15.9. The summed E-state index contributed by atoms with van der Waals surface area (Å²) in [5.41, 5.74) is 2.19. The molecule has 0 spiro atoms. The van der Waals surface area contributed by atoms with Gasteiger partial charge in [0.05, 0.1) is 36.6 Å². The molecule has 0 fully saturated rings. The molecule has 0 radical (unpaired) electrons. The maximum Gasteiger partial charge on any atom is 0.338 e. The molecule has 0 aliphatic carbocycles. The van der Waals surface area contributed by atoms with Crippen LogP contribution in [0.4, 0.5) is 0 Å². The van der Waals surface area contributed by atoms with E-state index in [1.807, 2.05) is 22.9 Å². The Hall–Kier alpha value is -3.17. The van der Waals surface area contributed by atoms with Crippen LogP contribution >= 0.6 is 22.7 Å². The Kier molecular flexibility index (Phi) is 6.29. The summed E-state index contributed by atoms with van der Waals surface area (Å²) < 4.78 is 18.3. The zero-order valence-corrected chi connectivity index (χ0v) is 19.7. The molecular weight excluding hydrogens is 448 g/mol. The SMILES string of the molecule is CCOC(=O)C1=C(C)N=c2s/c(=C\c3ccsc3)c(=O)n2[C@H]1c1ccc(OC)cc1OC. The van der Waals surface area contributed by atoms with E-state index < -0.39 is 12.0 Å². The van der Waals surface area contributed by atoms with Gasteiger partial charge in [-0.1, -0.05) is 11.3 Å². The van der Waals surface area contributed by atoms with Gasteiger partial charge < -0.3 is 14.2 Å². The summed E-state index contributed by atoms with van der Waals surface area (Å²) in [4.78, 5) is 31.6. The van der Waals surface area contributed by atoms with Gasteiger partial charge in [-0.2, -0.15) is 11.3 Å². The van der Waals surface area contributed by atoms with Crippen molar-refractivity contribution in [3.8, 4) is 11.5 Å². The van der Waals surface area contributed by atoms with E-state index in [2.05, 4.69) is 4.99 Å². The largest absolute Gasteiger partial charge is 0.497 e. The summed E-state index contributed by atoms with van der Waals surface area (Å²) in [6.07, 6.45) is 1.84. The summed E-state index contributed by atoms with van der Waals surface area (Å²) in [6, 6.07) is 6.51. The number of thiophene rings is 1. The first-order valence-electron chi connectivity index (χ1n) is 9.92. The maximum atomic E-state index is 13.5. The molecule has 0 saturated heterocycles. The molecule has 0 amide bonds. The standard InChI is InChI=1S/C23H22N2O5S2/c1-5-30-22(27)19-13(2)24-23-25(21(26)18(32-23)10-14-8-9-31-12-14)20(19)16-7-6-15(28-3)11-17(16)29-4/h6-12,20H,5H2,1-4H3/b18-10-/t20-/m0/s1. The van der Waals surface area contributed by atoms with Crippen molar-refractivity contribution in [2.45, 2.75) is 19.9 Å². The lowest BCUT2D eigenvalue weighted by molar-refractivity contribution is -0.139. The van der Waals surface area contributed by atoms with Gasteiger partial charge in [-0.05, 0) is 54.4 Å². The van der Waals surface area contributed by atoms with Gasteiger partial charge in [0, 0.05) is 11.6 Å². The third kappa shape index (κ3) is 3.89. The van der Waals surface area contributed by atoms with Crippen LogP contribution in [0.25, 0.3) is 6.08 Å². The average molecular weight is 471 g/mol. The van der Waals surface area contributed by atoms with Crippen LogP contribution in [0, 0.1) is 0 Å². The molecule has 3 aromatic rings. The lowest BCUT2D eigenvalue weighted by Crippen LogP contribution is -2.40. The highest BCUT2D eigenvalue weighted by molar-refractivity contribution is 7.08. The number of thiazole rings is 1. The lowest BCUT2D eigenvalue weighted by atomic mass is 9.95. The molecule has 1 aromatic carbocycles. The van der Waals surface area contributed by atoms with Crippen molar-refractivity contribution in [1.29, 1.82) is 0 Å². The number of esters is 1. The Morgan fingerprint density at radius 1 is 1.25 bits per heavy atom. The molecule has 0 saturated carbocycles. The van der Waals surface area contributed by atoms with Crippen molar-refractivity contribution in [2.24, 2.45) is 4.99 Å². The van der Waals surface area contributed by atoms with Gasteiger partial charge >= 0.3 is 5.97 Å². The number of hydrogen-bond acceptors (Lipinski definition) is 8. The Morgan fingerprint density at radius 3 is 2.72 bits per heavy atom. The highest BCUT2D eigenvalue weighted by Gasteiger charge is 2.35. The number of allylic oxidation sites excluding steroid dienone is 1. The van der Waals surface area contributed by atoms with E-state index in [4.69, 9.17) is 14.2 Å². The molecule has 9 heteroatoms. The molecule has 0 unspecified atom stereocenters. The first-order valence-corrected chi connectivity index (χ1v) is 11.7. The van der Waals surface area contributed by atoms with E-state index >= 15 is 0 Å². The third-order valence-corrected chi connectivity index (χ3v) is 6.78. The molecule has 1 aliphatic heterocycles. The number of carbonyl (C=O) groups is 1. The van der Waals surface area contributed by atoms with Gasteiger partial charge in [0.2, 0.25) is 0 Å². The van der Waals surface area contributed by atoms with Crippen LogP contribution in [-0.2, 0) is 9.53 Å². The van der Waals surface area contributed by atoms with E-state index in [1.165, 1.54) is 11.3 Å². The van der Waals surface area contributed by atoms with Gasteiger partial charge in [0.15, 0.2) is 4.80 Å². The van der Waals surface area contributed by atoms with Gasteiger partial charge in [-0.25, -0.2) is 9.79 Å². The lowest BCUT2D eigenvalue weighted by Gasteiger charge is -2.26. The summed E-state index contributed by atoms with van der Waals surface area (Å²) in [6.45, 7) is 3.71. The van der Waals surface area contributed by atoms with Gasteiger partial charge in [0.25, 0.3) is 5.56 Å². The molecular formula is C23H22N2O5S2. The van der Waals surface area contributed by atoms with Crippen molar-refractivity contribution in [2.75, 3.05) is 20.8 Å². The number of rotatable bonds is 6. The molecule has 3 heterocycles. The molecule has 4 rings (SSSR count). The number of carbonyl (C=O) groups excluding carboxylic acids is 1. The number of fused-ring (bicyclic) bond motifs is 1. The Balaban J connectivity index is 2.01. The number of methoxy groups -OCH3 is 2. The fourth-order valence-corrected chi connectivity index (χ4v) is 5.30. The second-order valence-electron chi connectivity index (χ2n) is 6.97. The minimum atomic E-state index is -0.740. The number of nitrogens with zero attached hydrogens (tertiary/aromatic N) is 2. The summed E-state index contributed by atoms with van der Waals surface area (Å²) >= 11 is 2.85. The number of aromatic nitrogens is 1. The molecule has 0 N–H and O–H groups in total. The highest BCUT2D eigenvalue weighted by Crippen LogP contribution is 2.37. The quantitative estimate of drug-likeness (QED) is 0.518. The van der Waals surface area contributed by atoms with Gasteiger partial charge in [-0.15, -0.1) is 0 Å². The number of hydrogen-bond donors (Lipinski definition) is 0. The van der Waals surface area contributed by atoms with Crippen molar-refractivity contribution in [1.82, 2.24) is 4.57 Å². The first kappa shape index (κ1) is 22.0. The van der Waals surface area contributed by atoms with Crippen molar-refractivity contribution >= 4 is 34.7 Å². The van der Waals surface area contributed by atoms with E-state index in [-0.39, 0.29) is 12.2 Å². The fourth-order valence-electron chi connectivity index (χ4n) is 3.64. The van der Waals surface area contributed by atoms with Crippen LogP contribution in [0.15, 0.2) is 56.1 Å². The zero-order chi connectivity index (χ0) is 22.8. The molecule has 2 aromatic heterocycles. The summed E-state index contributed by atoms with van der Waals surface area (Å²) in [5.74, 6) is 0.593. The van der Waals surface area contributed by atoms with Gasteiger partial charge in [-0.3, -0.25) is 9.36 Å². The predicted octanol–water partition coefficient (Wildman–Crippen LogP) is 2.88. The highest BCUT2D eigenvalue weighted by atomic mass is 32.1. The molecule has 7 nitrogen and oxygen atoms in total. The Labute approximate surface area is 192 Å². The smallest absolute Gasteiger partial charge is 0.338 e. The van der Waals surface area contributed by atoms with Crippen LogP contribution in [0.3, 0.4) is 0 Å². The second-order valence-corrected chi connectivity index (χ2v) is 8.76. The average Bonchev–Trinajstić information content (AvgIpc) is 3.40. The van der Waals surface area contributed by atoms with Crippen LogP contribution in [0.5, 0.6) is 11.5 Å². The van der Waals surface area contributed by atoms with E-state index in [0.717, 1.165) is 5.56 Å². The van der Waals surface area contributed by atoms with Crippen LogP contribution in [0.1, 0.15) is 31.0 Å². The fraction of sp³-hybridized carbons (Fsp3) is 0.261. The Bertz CT molecular complexity index is 1370. The van der Waals surface area contributed by atoms with E-state index in [1.54, 1.807) is 62.2 Å². The molecule has 32 heavy (non-hydrogen) atoms. The maximum absolute atomic E-state index is 13.5. The third-order valence-electron chi connectivity index (χ3n) is 5.09.